The quantitative estimate of drug-likeness (QED) is 0.686. The summed E-state index contributed by atoms with van der Waals surface area (Å²) in [6.07, 6.45) is 0. The van der Waals surface area contributed by atoms with Gasteiger partial charge in [-0.1, -0.05) is 23.2 Å². The minimum Gasteiger partial charge on any atom is -0.494 e. The molecular weight excluding hydrogens is 331 g/mol. The van der Waals surface area contributed by atoms with E-state index >= 15 is 0 Å². The van der Waals surface area contributed by atoms with E-state index in [2.05, 4.69) is 31.9 Å². The minimum absolute atomic E-state index is 0.411. The summed E-state index contributed by atoms with van der Waals surface area (Å²) in [7, 11) is 1.54. The van der Waals surface area contributed by atoms with E-state index in [1.165, 1.54) is 7.11 Å². The first-order valence-corrected chi connectivity index (χ1v) is 5.29. The van der Waals surface area contributed by atoms with Crippen LogP contribution >= 0.6 is 55.1 Å². The molecule has 0 N–H and O–H groups in total. The van der Waals surface area contributed by atoms with E-state index in [-0.39, 0.29) is 0 Å². The van der Waals surface area contributed by atoms with E-state index in [1.54, 1.807) is 6.07 Å². The molecule has 0 bridgehead atoms. The highest BCUT2D eigenvalue weighted by molar-refractivity contribution is 9.13. The number of halogens is 4. The summed E-state index contributed by atoms with van der Waals surface area (Å²) in [4.78, 5) is 0. The average molecular weight is 335 g/mol. The summed E-state index contributed by atoms with van der Waals surface area (Å²) in [5, 5.41) is 0.873. The summed E-state index contributed by atoms with van der Waals surface area (Å²) in [5.74, 6) is 0.538. The van der Waals surface area contributed by atoms with E-state index in [0.29, 0.717) is 15.8 Å². The molecule has 0 aromatic heterocycles. The van der Waals surface area contributed by atoms with Gasteiger partial charge in [-0.3, -0.25) is 0 Å². The second-order valence-corrected chi connectivity index (χ2v) is 4.43. The van der Waals surface area contributed by atoms with Gasteiger partial charge in [-0.25, -0.2) is 0 Å². The zero-order valence-corrected chi connectivity index (χ0v) is 10.7. The number of hydrogen-bond acceptors (Lipinski definition) is 1. The summed E-state index contributed by atoms with van der Waals surface area (Å²) >= 11 is 18.3. The number of methoxy groups -OCH3 is 1. The fourth-order valence-corrected chi connectivity index (χ4v) is 2.28. The first kappa shape index (κ1) is 10.6. The number of hydrogen-bond donors (Lipinski definition) is 0. The third-order valence-corrected chi connectivity index (χ3v) is 3.99. The van der Waals surface area contributed by atoms with Crippen molar-refractivity contribution in [2.75, 3.05) is 7.11 Å². The Bertz CT molecular complexity index is 289. The fourth-order valence-electron chi connectivity index (χ4n) is 0.730. The van der Waals surface area contributed by atoms with Gasteiger partial charge in [-0.05, 0) is 37.9 Å². The van der Waals surface area contributed by atoms with Crippen LogP contribution in [-0.4, -0.2) is 7.11 Å². The second-order valence-electron chi connectivity index (χ2n) is 2.00. The van der Waals surface area contributed by atoms with Gasteiger partial charge in [0.15, 0.2) is 5.75 Å². The van der Waals surface area contributed by atoms with Crippen molar-refractivity contribution < 1.29 is 4.74 Å². The lowest BCUT2D eigenvalue weighted by molar-refractivity contribution is 0.412. The fraction of sp³-hybridized carbons (Fsp3) is 0.143. The molecule has 0 saturated carbocycles. The Hall–Kier alpha value is 0.560. The van der Waals surface area contributed by atoms with Crippen LogP contribution in [0, 0.1) is 0 Å². The summed E-state index contributed by atoms with van der Waals surface area (Å²) in [6, 6.07) is 1.70. The predicted octanol–water partition coefficient (Wildman–Crippen LogP) is 4.53. The van der Waals surface area contributed by atoms with E-state index in [9.17, 15) is 0 Å². The summed E-state index contributed by atoms with van der Waals surface area (Å²) in [5.41, 5.74) is 0. The molecule has 0 aliphatic carbocycles. The van der Waals surface area contributed by atoms with Crippen LogP contribution < -0.4 is 4.74 Å². The van der Waals surface area contributed by atoms with Crippen LogP contribution in [0.3, 0.4) is 0 Å². The third-order valence-electron chi connectivity index (χ3n) is 1.28. The normalized spacial score (nSPS) is 10.1. The van der Waals surface area contributed by atoms with Gasteiger partial charge in [-0.15, -0.1) is 0 Å². The lowest BCUT2D eigenvalue weighted by Gasteiger charge is -2.08. The summed E-state index contributed by atoms with van der Waals surface area (Å²) < 4.78 is 6.62. The molecule has 0 saturated heterocycles. The molecule has 1 nitrogen and oxygen atoms in total. The van der Waals surface area contributed by atoms with Crippen molar-refractivity contribution in [1.29, 1.82) is 0 Å². The lowest BCUT2D eigenvalue weighted by Crippen LogP contribution is -1.87. The molecule has 1 rings (SSSR count). The highest BCUT2D eigenvalue weighted by Gasteiger charge is 2.12. The number of benzene rings is 1. The topological polar surface area (TPSA) is 9.23 Å². The smallest absolute Gasteiger partial charge is 0.154 e. The molecule has 0 heterocycles. The van der Waals surface area contributed by atoms with Crippen LogP contribution in [-0.2, 0) is 0 Å². The SMILES string of the molecule is COc1c(Cl)c(Cl)cc(Br)c1Br. The maximum absolute atomic E-state index is 5.86. The Labute approximate surface area is 97.3 Å². The van der Waals surface area contributed by atoms with Crippen molar-refractivity contribution >= 4 is 55.1 Å². The molecule has 5 heteroatoms. The highest BCUT2D eigenvalue weighted by atomic mass is 79.9. The second kappa shape index (κ2) is 4.18. The molecule has 1 aromatic rings. The molecule has 0 unspecified atom stereocenters. The molecule has 0 fully saturated rings. The molecule has 0 radical (unpaired) electrons. The number of ether oxygens (including phenoxy) is 1. The van der Waals surface area contributed by atoms with Crippen molar-refractivity contribution in [2.45, 2.75) is 0 Å². The Morgan fingerprint density at radius 3 is 2.42 bits per heavy atom. The van der Waals surface area contributed by atoms with Crippen LogP contribution in [0.1, 0.15) is 0 Å². The van der Waals surface area contributed by atoms with Crippen molar-refractivity contribution in [3.63, 3.8) is 0 Å². The molecule has 0 spiro atoms. The molecule has 1 aromatic carbocycles. The molecular formula is C7H4Br2Cl2O. The van der Waals surface area contributed by atoms with Gasteiger partial charge >= 0.3 is 0 Å². The lowest BCUT2D eigenvalue weighted by atomic mass is 10.3. The molecule has 0 aliphatic heterocycles. The van der Waals surface area contributed by atoms with Crippen molar-refractivity contribution in [2.24, 2.45) is 0 Å². The standard InChI is InChI=1S/C7H4Br2Cl2O/c1-12-7-5(9)3(8)2-4(10)6(7)11/h2H,1H3. The van der Waals surface area contributed by atoms with Crippen LogP contribution in [0.5, 0.6) is 5.75 Å². The van der Waals surface area contributed by atoms with Gasteiger partial charge in [0.05, 0.1) is 16.6 Å². The minimum atomic E-state index is 0.411. The maximum Gasteiger partial charge on any atom is 0.154 e. The first-order chi connectivity index (χ1) is 5.57. The Kier molecular flexibility index (Phi) is 3.71. The molecule has 0 atom stereocenters. The molecule has 12 heavy (non-hydrogen) atoms. The molecule has 0 aliphatic rings. The van der Waals surface area contributed by atoms with Crippen molar-refractivity contribution in [3.8, 4) is 5.75 Å². The van der Waals surface area contributed by atoms with Crippen LogP contribution in [0.15, 0.2) is 15.0 Å². The van der Waals surface area contributed by atoms with E-state index in [0.717, 1.165) is 8.95 Å². The van der Waals surface area contributed by atoms with E-state index < -0.39 is 0 Å². The Morgan fingerprint density at radius 2 is 1.92 bits per heavy atom. The van der Waals surface area contributed by atoms with Crippen LogP contribution in [0.4, 0.5) is 0 Å². The Morgan fingerprint density at radius 1 is 1.33 bits per heavy atom. The van der Waals surface area contributed by atoms with Crippen molar-refractivity contribution in [1.82, 2.24) is 0 Å². The molecule has 66 valence electrons. The van der Waals surface area contributed by atoms with Crippen molar-refractivity contribution in [3.05, 3.63) is 25.1 Å². The van der Waals surface area contributed by atoms with E-state index in [1.807, 2.05) is 0 Å². The number of rotatable bonds is 1. The largest absolute Gasteiger partial charge is 0.494 e. The first-order valence-electron chi connectivity index (χ1n) is 2.95. The molecule has 0 amide bonds. The van der Waals surface area contributed by atoms with Gasteiger partial charge < -0.3 is 4.74 Å². The van der Waals surface area contributed by atoms with Gasteiger partial charge in [0.2, 0.25) is 0 Å². The van der Waals surface area contributed by atoms with E-state index in [4.69, 9.17) is 27.9 Å². The van der Waals surface area contributed by atoms with Crippen LogP contribution in [0.2, 0.25) is 10.0 Å². The highest BCUT2D eigenvalue weighted by Crippen LogP contribution is 2.42. The van der Waals surface area contributed by atoms with Gasteiger partial charge in [-0.2, -0.15) is 0 Å². The summed E-state index contributed by atoms with van der Waals surface area (Å²) in [6.45, 7) is 0. The average Bonchev–Trinajstić information content (AvgIpc) is 2.02. The predicted molar refractivity (Wildman–Crippen MR) is 58.4 cm³/mol. The van der Waals surface area contributed by atoms with Gasteiger partial charge in [0.1, 0.15) is 5.02 Å². The third kappa shape index (κ3) is 1.90. The zero-order valence-electron chi connectivity index (χ0n) is 6.00. The van der Waals surface area contributed by atoms with Gasteiger partial charge in [0.25, 0.3) is 0 Å². The zero-order chi connectivity index (χ0) is 9.30. The van der Waals surface area contributed by atoms with Crippen LogP contribution in [0.25, 0.3) is 0 Å². The van der Waals surface area contributed by atoms with Gasteiger partial charge in [0, 0.05) is 4.47 Å². The maximum atomic E-state index is 5.86. The monoisotopic (exact) mass is 332 g/mol. The Balaban J connectivity index is 3.42.